The number of sulfonamides is 1. The van der Waals surface area contributed by atoms with Crippen molar-refractivity contribution in [2.75, 3.05) is 36.0 Å². The summed E-state index contributed by atoms with van der Waals surface area (Å²) >= 11 is 7.44. The van der Waals surface area contributed by atoms with Crippen molar-refractivity contribution < 1.29 is 17.9 Å². The summed E-state index contributed by atoms with van der Waals surface area (Å²) < 4.78 is 30.9. The molecule has 1 amide bonds. The molecule has 6 nitrogen and oxygen atoms in total. The predicted molar refractivity (Wildman–Crippen MR) is 120 cm³/mol. The fraction of sp³-hybridized carbons (Fsp3) is 0.350. The molecule has 0 spiro atoms. The normalized spacial score (nSPS) is 11.1. The van der Waals surface area contributed by atoms with Gasteiger partial charge in [-0.3, -0.25) is 9.10 Å². The summed E-state index contributed by atoms with van der Waals surface area (Å²) in [6.45, 7) is 2.74. The Kier molecular flexibility index (Phi) is 9.13. The first-order valence-electron chi connectivity index (χ1n) is 9.15. The zero-order chi connectivity index (χ0) is 21.3. The standard InChI is InChI=1S/C20H25ClN2O4S2/c1-3-13-27-18-8-6-17(7-9-18)23(29(2,25)26)15-20(24)22-12-14-28-19-10-4-16(21)5-11-19/h4-11H,3,12-15H2,1-2H3,(H,22,24). The minimum absolute atomic E-state index is 0.278. The van der Waals surface area contributed by atoms with Crippen molar-refractivity contribution in [3.8, 4) is 5.75 Å². The van der Waals surface area contributed by atoms with Crippen molar-refractivity contribution in [2.45, 2.75) is 18.2 Å². The van der Waals surface area contributed by atoms with E-state index in [0.717, 1.165) is 21.9 Å². The molecule has 0 saturated heterocycles. The second kappa shape index (κ2) is 11.3. The Morgan fingerprint density at radius 1 is 1.14 bits per heavy atom. The number of hydrogen-bond donors (Lipinski definition) is 1. The van der Waals surface area contributed by atoms with Crippen LogP contribution in [0.5, 0.6) is 5.75 Å². The maximum atomic E-state index is 12.3. The van der Waals surface area contributed by atoms with Gasteiger partial charge in [-0.05, 0) is 55.0 Å². The van der Waals surface area contributed by atoms with E-state index in [0.29, 0.717) is 35.4 Å². The molecule has 2 rings (SSSR count). The van der Waals surface area contributed by atoms with Gasteiger partial charge >= 0.3 is 0 Å². The Morgan fingerprint density at radius 3 is 2.38 bits per heavy atom. The number of rotatable bonds is 11. The van der Waals surface area contributed by atoms with E-state index in [-0.39, 0.29) is 12.5 Å². The van der Waals surface area contributed by atoms with Crippen molar-refractivity contribution in [3.05, 3.63) is 53.6 Å². The van der Waals surface area contributed by atoms with Crippen molar-refractivity contribution in [1.82, 2.24) is 5.32 Å². The molecule has 29 heavy (non-hydrogen) atoms. The number of amides is 1. The van der Waals surface area contributed by atoms with Crippen LogP contribution in [-0.2, 0) is 14.8 Å². The molecule has 0 unspecified atom stereocenters. The number of carbonyl (C=O) groups excluding carboxylic acids is 1. The lowest BCUT2D eigenvalue weighted by Gasteiger charge is -2.22. The Balaban J connectivity index is 1.88. The Labute approximate surface area is 181 Å². The summed E-state index contributed by atoms with van der Waals surface area (Å²) in [6.07, 6.45) is 1.96. The molecule has 158 valence electrons. The summed E-state index contributed by atoms with van der Waals surface area (Å²) in [5.74, 6) is 0.960. The zero-order valence-electron chi connectivity index (χ0n) is 16.4. The number of benzene rings is 2. The van der Waals surface area contributed by atoms with E-state index in [9.17, 15) is 13.2 Å². The van der Waals surface area contributed by atoms with Crippen LogP contribution in [0.2, 0.25) is 5.02 Å². The fourth-order valence-corrected chi connectivity index (χ4v) is 4.16. The van der Waals surface area contributed by atoms with Gasteiger partial charge in [0.25, 0.3) is 0 Å². The highest BCUT2D eigenvalue weighted by Gasteiger charge is 2.20. The van der Waals surface area contributed by atoms with Gasteiger partial charge in [-0.2, -0.15) is 0 Å². The van der Waals surface area contributed by atoms with Gasteiger partial charge in [0.1, 0.15) is 12.3 Å². The van der Waals surface area contributed by atoms with Crippen molar-refractivity contribution in [3.63, 3.8) is 0 Å². The highest BCUT2D eigenvalue weighted by atomic mass is 35.5. The van der Waals surface area contributed by atoms with Gasteiger partial charge < -0.3 is 10.1 Å². The summed E-state index contributed by atoms with van der Waals surface area (Å²) in [6, 6.07) is 14.1. The molecule has 0 aliphatic heterocycles. The third-order valence-corrected chi connectivity index (χ3v) is 6.20. The van der Waals surface area contributed by atoms with Gasteiger partial charge in [-0.1, -0.05) is 18.5 Å². The van der Waals surface area contributed by atoms with Crippen LogP contribution in [0.25, 0.3) is 0 Å². The van der Waals surface area contributed by atoms with Crippen LogP contribution >= 0.6 is 23.4 Å². The smallest absolute Gasteiger partial charge is 0.240 e. The fourth-order valence-electron chi connectivity index (χ4n) is 2.41. The van der Waals surface area contributed by atoms with Crippen LogP contribution in [-0.4, -0.2) is 46.0 Å². The molecular weight excluding hydrogens is 432 g/mol. The largest absolute Gasteiger partial charge is 0.494 e. The van der Waals surface area contributed by atoms with Gasteiger partial charge in [-0.15, -0.1) is 11.8 Å². The molecule has 2 aromatic rings. The summed E-state index contributed by atoms with van der Waals surface area (Å²) in [7, 11) is -3.61. The second-order valence-corrected chi connectivity index (χ2v) is 9.78. The third-order valence-electron chi connectivity index (χ3n) is 3.79. The van der Waals surface area contributed by atoms with Gasteiger partial charge in [0.15, 0.2) is 0 Å². The number of carbonyl (C=O) groups is 1. The van der Waals surface area contributed by atoms with Crippen molar-refractivity contribution in [1.29, 1.82) is 0 Å². The molecule has 0 radical (unpaired) electrons. The molecule has 0 aliphatic rings. The Hall–Kier alpha value is -1.90. The summed E-state index contributed by atoms with van der Waals surface area (Å²) in [5.41, 5.74) is 0.419. The molecule has 0 aliphatic carbocycles. The molecule has 0 fully saturated rings. The highest BCUT2D eigenvalue weighted by molar-refractivity contribution is 7.99. The topological polar surface area (TPSA) is 75.7 Å². The summed E-state index contributed by atoms with van der Waals surface area (Å²) in [4.78, 5) is 13.3. The van der Waals surface area contributed by atoms with E-state index in [1.807, 2.05) is 31.2 Å². The van der Waals surface area contributed by atoms with Crippen LogP contribution < -0.4 is 14.4 Å². The van der Waals surface area contributed by atoms with Gasteiger partial charge in [0.2, 0.25) is 15.9 Å². The van der Waals surface area contributed by atoms with Crippen molar-refractivity contribution >= 4 is 45.0 Å². The number of halogens is 1. The molecule has 0 heterocycles. The average molecular weight is 457 g/mol. The Bertz CT molecular complexity index is 888. The number of nitrogens with zero attached hydrogens (tertiary/aromatic N) is 1. The number of hydrogen-bond acceptors (Lipinski definition) is 5. The lowest BCUT2D eigenvalue weighted by Crippen LogP contribution is -2.41. The van der Waals surface area contributed by atoms with Crippen LogP contribution in [0, 0.1) is 0 Å². The first-order chi connectivity index (χ1) is 13.8. The van der Waals surface area contributed by atoms with Crippen LogP contribution in [0.3, 0.4) is 0 Å². The van der Waals surface area contributed by atoms with Crippen LogP contribution in [0.15, 0.2) is 53.4 Å². The number of anilines is 1. The van der Waals surface area contributed by atoms with E-state index >= 15 is 0 Å². The molecular formula is C20H25ClN2O4S2. The monoisotopic (exact) mass is 456 g/mol. The molecule has 1 N–H and O–H groups in total. The number of thioether (sulfide) groups is 1. The van der Waals surface area contributed by atoms with Gasteiger partial charge in [0, 0.05) is 22.2 Å². The predicted octanol–water partition coefficient (Wildman–Crippen LogP) is 3.80. The lowest BCUT2D eigenvalue weighted by molar-refractivity contribution is -0.119. The van der Waals surface area contributed by atoms with Crippen molar-refractivity contribution in [2.24, 2.45) is 0 Å². The van der Waals surface area contributed by atoms with Gasteiger partial charge in [-0.25, -0.2) is 8.42 Å². The second-order valence-electron chi connectivity index (χ2n) is 6.26. The molecule has 0 atom stereocenters. The van der Waals surface area contributed by atoms with E-state index in [1.165, 1.54) is 0 Å². The molecule has 9 heteroatoms. The average Bonchev–Trinajstić information content (AvgIpc) is 2.69. The zero-order valence-corrected chi connectivity index (χ0v) is 18.8. The lowest BCUT2D eigenvalue weighted by atomic mass is 10.3. The van der Waals surface area contributed by atoms with Crippen LogP contribution in [0.1, 0.15) is 13.3 Å². The molecule has 2 aromatic carbocycles. The number of ether oxygens (including phenoxy) is 1. The quantitative estimate of drug-likeness (QED) is 0.411. The number of nitrogens with one attached hydrogen (secondary N) is 1. The first-order valence-corrected chi connectivity index (χ1v) is 12.4. The van der Waals surface area contributed by atoms with E-state index in [4.69, 9.17) is 16.3 Å². The van der Waals surface area contributed by atoms with Crippen LogP contribution in [0.4, 0.5) is 5.69 Å². The third kappa shape index (κ3) is 8.16. The Morgan fingerprint density at radius 2 is 1.79 bits per heavy atom. The summed E-state index contributed by atoms with van der Waals surface area (Å²) in [5, 5.41) is 3.43. The minimum Gasteiger partial charge on any atom is -0.494 e. The minimum atomic E-state index is -3.61. The van der Waals surface area contributed by atoms with E-state index in [2.05, 4.69) is 5.32 Å². The first kappa shape index (κ1) is 23.4. The SMILES string of the molecule is CCCOc1ccc(N(CC(=O)NCCSc2ccc(Cl)cc2)S(C)(=O)=O)cc1. The van der Waals surface area contributed by atoms with E-state index < -0.39 is 10.0 Å². The van der Waals surface area contributed by atoms with Gasteiger partial charge in [0.05, 0.1) is 18.6 Å². The maximum Gasteiger partial charge on any atom is 0.240 e. The molecule has 0 bridgehead atoms. The highest BCUT2D eigenvalue weighted by Crippen LogP contribution is 2.22. The molecule has 0 saturated carbocycles. The molecule has 0 aromatic heterocycles. The van der Waals surface area contributed by atoms with E-state index in [1.54, 1.807) is 36.0 Å². The maximum absolute atomic E-state index is 12.3.